The third kappa shape index (κ3) is 7.27. The third-order valence-electron chi connectivity index (χ3n) is 7.27. The van der Waals surface area contributed by atoms with Crippen molar-refractivity contribution in [1.82, 2.24) is 0 Å². The maximum atomic E-state index is 13.7. The largest absolute Gasteiger partial charge is 0.504 e. The van der Waals surface area contributed by atoms with Crippen molar-refractivity contribution in [2.75, 3.05) is 0 Å². The second-order valence-corrected chi connectivity index (χ2v) is 10.6. The van der Waals surface area contributed by atoms with E-state index >= 15 is 0 Å². The zero-order valence-electron chi connectivity index (χ0n) is 23.8. The minimum absolute atomic E-state index is 0.148. The Morgan fingerprint density at radius 3 is 2.09 bits per heavy atom. The highest BCUT2D eigenvalue weighted by Crippen LogP contribution is 2.40. The first kappa shape index (κ1) is 33.5. The summed E-state index contributed by atoms with van der Waals surface area (Å²) in [5, 5.41) is 90.9. The van der Waals surface area contributed by atoms with Gasteiger partial charge in [0.05, 0.1) is 12.2 Å². The molecule has 3 aromatic rings. The first-order valence-corrected chi connectivity index (χ1v) is 13.6. The summed E-state index contributed by atoms with van der Waals surface area (Å²) in [6, 6.07) is 13.1. The summed E-state index contributed by atoms with van der Waals surface area (Å²) in [6.45, 7) is -0.413. The van der Waals surface area contributed by atoms with E-state index in [1.807, 2.05) is 0 Å². The molecule has 242 valence electrons. The second kappa shape index (κ2) is 13.3. The van der Waals surface area contributed by atoms with Crippen molar-refractivity contribution in [3.8, 4) is 23.0 Å². The van der Waals surface area contributed by atoms with Crippen LogP contribution in [0.3, 0.4) is 0 Å². The van der Waals surface area contributed by atoms with Crippen LogP contribution in [-0.2, 0) is 30.5 Å². The van der Waals surface area contributed by atoms with Crippen molar-refractivity contribution in [2.45, 2.75) is 43.0 Å². The minimum Gasteiger partial charge on any atom is -0.504 e. The number of aliphatic hydroxyl groups is 4. The SMILES string of the molecule is O=C(/C=C/c1ccc(O)c(O)c1)O[C@@]1(O)[C@H](O)C[C@](O)(C(=O)O)C[C@H]1OC(=O)/C(=C/c1ccc(O)c(O)c1)c1cccc(CO)c1. The molecule has 1 fully saturated rings. The van der Waals surface area contributed by atoms with Gasteiger partial charge in [-0.05, 0) is 64.7 Å². The fraction of sp³-hybridized carbons (Fsp3) is 0.219. The Balaban J connectivity index is 1.71. The number of carbonyl (C=O) groups is 3. The molecule has 4 rings (SSSR count). The summed E-state index contributed by atoms with van der Waals surface area (Å²) in [4.78, 5) is 38.4. The highest BCUT2D eigenvalue weighted by Gasteiger charge is 2.61. The number of carboxylic acid groups (broad SMARTS) is 1. The molecule has 0 unspecified atom stereocenters. The highest BCUT2D eigenvalue weighted by atomic mass is 16.7. The smallest absolute Gasteiger partial charge is 0.339 e. The number of rotatable bonds is 9. The van der Waals surface area contributed by atoms with E-state index in [9.17, 15) is 60.3 Å². The number of phenols is 4. The Bertz CT molecular complexity index is 1710. The van der Waals surface area contributed by atoms with Crippen molar-refractivity contribution in [3.63, 3.8) is 0 Å². The quantitative estimate of drug-likeness (QED) is 0.0528. The van der Waals surface area contributed by atoms with Gasteiger partial charge in [-0.3, -0.25) is 0 Å². The van der Waals surface area contributed by atoms with Crippen LogP contribution < -0.4 is 0 Å². The van der Waals surface area contributed by atoms with Crippen LogP contribution in [0.1, 0.15) is 35.1 Å². The van der Waals surface area contributed by atoms with Gasteiger partial charge < -0.3 is 55.4 Å². The topological polar surface area (TPSA) is 252 Å². The molecule has 1 aliphatic carbocycles. The third-order valence-corrected chi connectivity index (χ3v) is 7.27. The molecular formula is C32H30O14. The molecule has 0 bridgehead atoms. The van der Waals surface area contributed by atoms with Crippen LogP contribution in [0, 0.1) is 0 Å². The molecule has 46 heavy (non-hydrogen) atoms. The van der Waals surface area contributed by atoms with Crippen LogP contribution in [0.5, 0.6) is 23.0 Å². The van der Waals surface area contributed by atoms with Gasteiger partial charge in [-0.25, -0.2) is 14.4 Å². The van der Waals surface area contributed by atoms with Crippen LogP contribution in [0.4, 0.5) is 0 Å². The highest BCUT2D eigenvalue weighted by molar-refractivity contribution is 6.21. The van der Waals surface area contributed by atoms with E-state index in [1.165, 1.54) is 36.4 Å². The Morgan fingerprint density at radius 1 is 0.848 bits per heavy atom. The number of esters is 2. The number of carbonyl (C=O) groups excluding carboxylic acids is 2. The second-order valence-electron chi connectivity index (χ2n) is 10.6. The van der Waals surface area contributed by atoms with Crippen LogP contribution >= 0.6 is 0 Å². The van der Waals surface area contributed by atoms with Gasteiger partial charge in [0.25, 0.3) is 5.79 Å². The zero-order valence-corrected chi connectivity index (χ0v) is 23.8. The lowest BCUT2D eigenvalue weighted by Crippen LogP contribution is -2.66. The standard InChI is InChI=1S/C32H30O14/c33-16-19-2-1-3-20(10-19)21(11-18-5-8-23(35)25(37)13-18)29(40)45-27-15-31(43,30(41)42)14-26(38)32(27,44)46-28(39)9-6-17-4-7-22(34)24(36)12-17/h1-13,26-27,33-38,43-44H,14-16H2,(H,41,42)/b9-6+,21-11+/t26-,27-,31-,32+/m1/s1. The molecule has 0 spiro atoms. The van der Waals surface area contributed by atoms with E-state index in [4.69, 9.17) is 9.47 Å². The van der Waals surface area contributed by atoms with Gasteiger partial charge in [-0.1, -0.05) is 30.3 Å². The summed E-state index contributed by atoms with van der Waals surface area (Å²) in [6.07, 6.45) is -3.40. The van der Waals surface area contributed by atoms with Gasteiger partial charge in [-0.2, -0.15) is 0 Å². The molecule has 0 heterocycles. The number of hydrogen-bond acceptors (Lipinski definition) is 13. The number of phenolic OH excluding ortho intramolecular Hbond substituents is 4. The molecule has 9 N–H and O–H groups in total. The maximum Gasteiger partial charge on any atom is 0.339 e. The minimum atomic E-state index is -3.08. The van der Waals surface area contributed by atoms with Gasteiger partial charge >= 0.3 is 17.9 Å². The average Bonchev–Trinajstić information content (AvgIpc) is 3.01. The number of ether oxygens (including phenoxy) is 2. The molecule has 14 nitrogen and oxygen atoms in total. The van der Waals surface area contributed by atoms with E-state index in [0.29, 0.717) is 5.56 Å². The maximum absolute atomic E-state index is 13.7. The molecule has 0 amide bonds. The van der Waals surface area contributed by atoms with Gasteiger partial charge in [0, 0.05) is 18.9 Å². The van der Waals surface area contributed by atoms with Crippen LogP contribution in [0.25, 0.3) is 17.7 Å². The van der Waals surface area contributed by atoms with E-state index in [1.54, 1.807) is 6.07 Å². The van der Waals surface area contributed by atoms with Crippen molar-refractivity contribution in [3.05, 3.63) is 89.0 Å². The zero-order chi connectivity index (χ0) is 33.8. The first-order chi connectivity index (χ1) is 21.6. The molecule has 0 saturated heterocycles. The van der Waals surface area contributed by atoms with E-state index < -0.39 is 84.0 Å². The number of aliphatic carboxylic acids is 1. The molecule has 0 aromatic heterocycles. The summed E-state index contributed by atoms with van der Waals surface area (Å²) >= 11 is 0. The lowest BCUT2D eigenvalue weighted by atomic mass is 9.77. The Morgan fingerprint density at radius 2 is 1.48 bits per heavy atom. The fourth-order valence-corrected chi connectivity index (χ4v) is 4.74. The predicted octanol–water partition coefficient (Wildman–Crippen LogP) is 1.37. The lowest BCUT2D eigenvalue weighted by molar-refractivity contribution is -0.314. The molecule has 1 aliphatic rings. The summed E-state index contributed by atoms with van der Waals surface area (Å²) in [5.74, 6) is -9.36. The molecule has 14 heteroatoms. The van der Waals surface area contributed by atoms with Gasteiger partial charge in [0.1, 0.15) is 6.10 Å². The molecule has 0 radical (unpaired) electrons. The monoisotopic (exact) mass is 638 g/mol. The lowest BCUT2D eigenvalue weighted by Gasteiger charge is -2.45. The van der Waals surface area contributed by atoms with E-state index in [2.05, 4.69) is 0 Å². The summed E-state index contributed by atoms with van der Waals surface area (Å²) in [5.41, 5.74) is -2.10. The number of benzene rings is 3. The molecule has 1 saturated carbocycles. The molecule has 3 aromatic carbocycles. The van der Waals surface area contributed by atoms with Crippen LogP contribution in [0.2, 0.25) is 0 Å². The van der Waals surface area contributed by atoms with Crippen molar-refractivity contribution in [1.29, 1.82) is 0 Å². The number of aromatic hydroxyl groups is 4. The van der Waals surface area contributed by atoms with Crippen molar-refractivity contribution < 1.29 is 69.8 Å². The van der Waals surface area contributed by atoms with Crippen molar-refractivity contribution >= 4 is 35.6 Å². The first-order valence-electron chi connectivity index (χ1n) is 13.6. The molecule has 4 atom stereocenters. The number of aliphatic hydroxyl groups excluding tert-OH is 2. The summed E-state index contributed by atoms with van der Waals surface area (Å²) in [7, 11) is 0. The van der Waals surface area contributed by atoms with Gasteiger partial charge in [0.15, 0.2) is 34.7 Å². The van der Waals surface area contributed by atoms with Gasteiger partial charge in [0.2, 0.25) is 0 Å². The Hall–Kier alpha value is -5.41. The van der Waals surface area contributed by atoms with E-state index in [0.717, 1.165) is 36.4 Å². The summed E-state index contributed by atoms with van der Waals surface area (Å²) < 4.78 is 10.6. The number of carboxylic acids is 1. The number of hydrogen-bond donors (Lipinski definition) is 9. The van der Waals surface area contributed by atoms with Crippen LogP contribution in [-0.4, -0.2) is 87.5 Å². The van der Waals surface area contributed by atoms with Gasteiger partial charge in [-0.15, -0.1) is 0 Å². The fourth-order valence-electron chi connectivity index (χ4n) is 4.74. The van der Waals surface area contributed by atoms with Crippen LogP contribution in [0.15, 0.2) is 66.7 Å². The molecule has 0 aliphatic heterocycles. The van der Waals surface area contributed by atoms with Crippen molar-refractivity contribution in [2.24, 2.45) is 0 Å². The predicted molar refractivity (Wildman–Crippen MR) is 158 cm³/mol. The molecular weight excluding hydrogens is 608 g/mol. The Kier molecular flexibility index (Phi) is 9.68. The average molecular weight is 639 g/mol. The van der Waals surface area contributed by atoms with E-state index in [-0.39, 0.29) is 22.3 Å². The Labute approximate surface area is 260 Å². The normalized spacial score (nSPS) is 23.2.